The normalized spacial score (nSPS) is 13.5. The monoisotopic (exact) mass is 380 g/mol. The second kappa shape index (κ2) is 8.23. The fourth-order valence-corrected chi connectivity index (χ4v) is 3.92. The Balaban J connectivity index is 1.60. The molecule has 27 heavy (non-hydrogen) atoms. The van der Waals surface area contributed by atoms with Crippen molar-refractivity contribution in [3.05, 3.63) is 47.2 Å². The summed E-state index contributed by atoms with van der Waals surface area (Å²) in [7, 11) is 0. The van der Waals surface area contributed by atoms with Crippen LogP contribution in [0.15, 0.2) is 35.4 Å². The molecule has 0 saturated carbocycles. The molecule has 2 heterocycles. The van der Waals surface area contributed by atoms with Crippen molar-refractivity contribution in [1.82, 2.24) is 4.98 Å². The summed E-state index contributed by atoms with van der Waals surface area (Å²) in [4.78, 5) is 30.2. The van der Waals surface area contributed by atoms with Gasteiger partial charge in [0, 0.05) is 30.0 Å². The lowest BCUT2D eigenvalue weighted by Gasteiger charge is -2.16. The Morgan fingerprint density at radius 1 is 1.33 bits per heavy atom. The molecule has 0 bridgehead atoms. The number of hydrogen-bond acceptors (Lipinski definition) is 5. The van der Waals surface area contributed by atoms with Crippen LogP contribution in [-0.2, 0) is 9.59 Å². The van der Waals surface area contributed by atoms with E-state index in [1.165, 1.54) is 11.8 Å². The number of aromatic nitrogens is 1. The number of rotatable bonds is 5. The van der Waals surface area contributed by atoms with E-state index in [0.717, 1.165) is 29.9 Å². The number of nitriles is 1. The molecular formula is C20H20N4O2S. The van der Waals surface area contributed by atoms with Crippen molar-refractivity contribution in [2.45, 2.75) is 31.7 Å². The molecule has 7 heteroatoms. The van der Waals surface area contributed by atoms with Crippen molar-refractivity contribution in [2.24, 2.45) is 0 Å². The van der Waals surface area contributed by atoms with Crippen LogP contribution >= 0.6 is 11.8 Å². The third-order valence-corrected chi connectivity index (χ3v) is 5.27. The van der Waals surface area contributed by atoms with Gasteiger partial charge in [-0.25, -0.2) is 4.98 Å². The molecule has 6 nitrogen and oxygen atoms in total. The molecule has 0 aliphatic carbocycles. The summed E-state index contributed by atoms with van der Waals surface area (Å²) in [5, 5.41) is 12.7. The number of benzene rings is 1. The third-order valence-electron chi connectivity index (χ3n) is 4.30. The largest absolute Gasteiger partial charge is 0.325 e. The summed E-state index contributed by atoms with van der Waals surface area (Å²) in [5.41, 5.74) is 3.72. The number of thioether (sulfide) groups is 1. The molecule has 0 radical (unpaired) electrons. The van der Waals surface area contributed by atoms with Crippen LogP contribution in [0.1, 0.15) is 29.7 Å². The molecule has 1 fully saturated rings. The minimum atomic E-state index is -0.171. The molecule has 138 valence electrons. The van der Waals surface area contributed by atoms with E-state index in [0.29, 0.717) is 22.7 Å². The zero-order valence-electron chi connectivity index (χ0n) is 15.3. The third kappa shape index (κ3) is 4.47. The summed E-state index contributed by atoms with van der Waals surface area (Å²) in [6.45, 7) is 4.47. The molecule has 2 aromatic rings. The van der Waals surface area contributed by atoms with E-state index in [4.69, 9.17) is 0 Å². The van der Waals surface area contributed by atoms with Crippen LogP contribution in [-0.4, -0.2) is 29.1 Å². The Kier molecular flexibility index (Phi) is 5.77. The van der Waals surface area contributed by atoms with Gasteiger partial charge in [0.15, 0.2) is 0 Å². The van der Waals surface area contributed by atoms with Crippen molar-refractivity contribution in [2.75, 3.05) is 22.5 Å². The number of amides is 2. The fourth-order valence-electron chi connectivity index (χ4n) is 3.02. The van der Waals surface area contributed by atoms with Gasteiger partial charge in [-0.2, -0.15) is 5.26 Å². The molecule has 0 unspecified atom stereocenters. The van der Waals surface area contributed by atoms with Crippen molar-refractivity contribution in [1.29, 1.82) is 5.26 Å². The second-order valence-corrected chi connectivity index (χ2v) is 7.37. The van der Waals surface area contributed by atoms with E-state index in [2.05, 4.69) is 16.4 Å². The smallest absolute Gasteiger partial charge is 0.234 e. The number of pyridine rings is 1. The lowest BCUT2D eigenvalue weighted by atomic mass is 10.1. The fraction of sp³-hybridized carbons (Fsp3) is 0.300. The quantitative estimate of drug-likeness (QED) is 0.803. The number of carbonyl (C=O) groups is 2. The Bertz CT molecular complexity index is 919. The van der Waals surface area contributed by atoms with Gasteiger partial charge in [-0.05, 0) is 56.2 Å². The van der Waals surface area contributed by atoms with Crippen molar-refractivity contribution < 1.29 is 9.59 Å². The number of nitrogens with one attached hydrogen (secondary N) is 1. The number of nitrogens with zero attached hydrogens (tertiary/aromatic N) is 3. The van der Waals surface area contributed by atoms with Crippen LogP contribution in [0, 0.1) is 25.2 Å². The van der Waals surface area contributed by atoms with Gasteiger partial charge in [0.1, 0.15) is 11.1 Å². The lowest BCUT2D eigenvalue weighted by molar-refractivity contribution is -0.117. The molecule has 1 aromatic carbocycles. The van der Waals surface area contributed by atoms with E-state index < -0.39 is 0 Å². The number of hydrogen-bond donors (Lipinski definition) is 1. The highest BCUT2D eigenvalue weighted by molar-refractivity contribution is 8.00. The number of anilines is 2. The predicted octanol–water partition coefficient (Wildman–Crippen LogP) is 3.43. The molecule has 0 spiro atoms. The first kappa shape index (κ1) is 18.9. The zero-order valence-corrected chi connectivity index (χ0v) is 16.1. The molecule has 1 saturated heterocycles. The molecule has 0 atom stereocenters. The lowest BCUT2D eigenvalue weighted by Crippen LogP contribution is -2.23. The minimum absolute atomic E-state index is 0.137. The van der Waals surface area contributed by atoms with Gasteiger partial charge in [0.05, 0.1) is 11.3 Å². The highest BCUT2D eigenvalue weighted by atomic mass is 32.2. The van der Waals surface area contributed by atoms with Crippen LogP contribution in [0.5, 0.6) is 0 Å². The Labute approximate surface area is 162 Å². The number of aryl methyl sites for hydroxylation is 2. The topological polar surface area (TPSA) is 86.1 Å². The summed E-state index contributed by atoms with van der Waals surface area (Å²) in [5.74, 6) is 0.129. The molecule has 1 N–H and O–H groups in total. The van der Waals surface area contributed by atoms with E-state index in [9.17, 15) is 14.9 Å². The zero-order chi connectivity index (χ0) is 19.4. The van der Waals surface area contributed by atoms with Crippen LogP contribution < -0.4 is 10.2 Å². The first-order valence-corrected chi connectivity index (χ1v) is 9.68. The van der Waals surface area contributed by atoms with E-state index in [1.807, 2.05) is 32.0 Å². The molecule has 1 aliphatic rings. The van der Waals surface area contributed by atoms with Crippen LogP contribution in [0.4, 0.5) is 11.4 Å². The molecule has 3 rings (SSSR count). The maximum Gasteiger partial charge on any atom is 0.234 e. The Morgan fingerprint density at radius 3 is 2.70 bits per heavy atom. The maximum absolute atomic E-state index is 12.2. The maximum atomic E-state index is 12.2. The summed E-state index contributed by atoms with van der Waals surface area (Å²) >= 11 is 1.25. The summed E-state index contributed by atoms with van der Waals surface area (Å²) in [6, 6.07) is 11.3. The van der Waals surface area contributed by atoms with Gasteiger partial charge >= 0.3 is 0 Å². The molecular weight excluding hydrogens is 360 g/mol. The molecule has 1 aromatic heterocycles. The predicted molar refractivity (Wildman–Crippen MR) is 106 cm³/mol. The second-order valence-electron chi connectivity index (χ2n) is 6.41. The first-order valence-electron chi connectivity index (χ1n) is 8.69. The Morgan fingerprint density at radius 2 is 2.07 bits per heavy atom. The van der Waals surface area contributed by atoms with E-state index >= 15 is 0 Å². The Hall–Kier alpha value is -2.85. The average molecular weight is 380 g/mol. The van der Waals surface area contributed by atoms with Gasteiger partial charge in [-0.15, -0.1) is 0 Å². The first-order chi connectivity index (χ1) is 13.0. The standard InChI is InChI=1S/C20H20N4O2S/c1-13-10-14(2)22-20(17(13)11-21)27-12-18(25)23-15-5-7-16(8-6-15)24-9-3-4-19(24)26/h5-8,10H,3-4,9,12H2,1-2H3,(H,23,25). The summed E-state index contributed by atoms with van der Waals surface area (Å²) in [6.07, 6.45) is 1.47. The minimum Gasteiger partial charge on any atom is -0.325 e. The van der Waals surface area contributed by atoms with Gasteiger partial charge in [-0.3, -0.25) is 9.59 Å². The van der Waals surface area contributed by atoms with Gasteiger partial charge < -0.3 is 10.2 Å². The van der Waals surface area contributed by atoms with E-state index in [-0.39, 0.29) is 17.6 Å². The SMILES string of the molecule is Cc1cc(C)c(C#N)c(SCC(=O)Nc2ccc(N3CCCC3=O)cc2)n1. The summed E-state index contributed by atoms with van der Waals surface area (Å²) < 4.78 is 0. The average Bonchev–Trinajstić information content (AvgIpc) is 3.06. The number of carbonyl (C=O) groups excluding carboxylic acids is 2. The highest BCUT2D eigenvalue weighted by Crippen LogP contribution is 2.25. The highest BCUT2D eigenvalue weighted by Gasteiger charge is 2.21. The van der Waals surface area contributed by atoms with Crippen molar-refractivity contribution in [3.8, 4) is 6.07 Å². The van der Waals surface area contributed by atoms with Crippen LogP contribution in [0.3, 0.4) is 0 Å². The van der Waals surface area contributed by atoms with Crippen molar-refractivity contribution >= 4 is 35.0 Å². The van der Waals surface area contributed by atoms with Crippen LogP contribution in [0.2, 0.25) is 0 Å². The van der Waals surface area contributed by atoms with Gasteiger partial charge in [0.25, 0.3) is 0 Å². The molecule has 2 amide bonds. The van der Waals surface area contributed by atoms with E-state index in [1.54, 1.807) is 17.0 Å². The van der Waals surface area contributed by atoms with Gasteiger partial charge in [0.2, 0.25) is 11.8 Å². The molecule has 1 aliphatic heterocycles. The van der Waals surface area contributed by atoms with Crippen molar-refractivity contribution in [3.63, 3.8) is 0 Å². The van der Waals surface area contributed by atoms with Crippen LogP contribution in [0.25, 0.3) is 0 Å². The van der Waals surface area contributed by atoms with Gasteiger partial charge in [-0.1, -0.05) is 11.8 Å².